The molecule has 0 aliphatic carbocycles. The van der Waals surface area contributed by atoms with Gasteiger partial charge in [-0.25, -0.2) is 23.1 Å². The van der Waals surface area contributed by atoms with Gasteiger partial charge in [-0.1, -0.05) is 43.7 Å². The van der Waals surface area contributed by atoms with Crippen LogP contribution >= 0.6 is 0 Å². The van der Waals surface area contributed by atoms with Gasteiger partial charge in [0.2, 0.25) is 15.9 Å². The van der Waals surface area contributed by atoms with E-state index in [4.69, 9.17) is 4.98 Å². The van der Waals surface area contributed by atoms with Crippen LogP contribution in [0.2, 0.25) is 0 Å². The molecule has 9 heteroatoms. The molecule has 1 amide bonds. The Balaban J connectivity index is 1.48. The van der Waals surface area contributed by atoms with Gasteiger partial charge in [-0.05, 0) is 49.2 Å². The number of fused-ring (bicyclic) bond motifs is 1. The average Bonchev–Trinajstić information content (AvgIpc) is 3.18. The Morgan fingerprint density at radius 3 is 2.43 bits per heavy atom. The van der Waals surface area contributed by atoms with E-state index < -0.39 is 10.0 Å². The lowest BCUT2D eigenvalue weighted by atomic mass is 10.1. The quantitative estimate of drug-likeness (QED) is 0.362. The summed E-state index contributed by atoms with van der Waals surface area (Å²) < 4.78 is 30.3. The van der Waals surface area contributed by atoms with E-state index in [1.165, 1.54) is 12.1 Å². The highest BCUT2D eigenvalue weighted by atomic mass is 32.2. The molecule has 2 aromatic carbocycles. The number of rotatable bonds is 9. The van der Waals surface area contributed by atoms with Gasteiger partial charge in [-0.3, -0.25) is 4.79 Å². The van der Waals surface area contributed by atoms with Gasteiger partial charge in [0.25, 0.3) is 0 Å². The maximum absolute atomic E-state index is 12.9. The molecule has 0 aliphatic heterocycles. The lowest BCUT2D eigenvalue weighted by molar-refractivity contribution is -0.116. The van der Waals surface area contributed by atoms with Gasteiger partial charge in [-0.2, -0.15) is 0 Å². The van der Waals surface area contributed by atoms with E-state index in [2.05, 4.69) is 15.0 Å². The van der Waals surface area contributed by atoms with Crippen molar-refractivity contribution in [3.63, 3.8) is 0 Å². The molecule has 2 heterocycles. The molecule has 4 rings (SSSR count). The maximum atomic E-state index is 12.9. The number of aryl methyl sites for hydroxylation is 1. The van der Waals surface area contributed by atoms with Crippen molar-refractivity contribution in [3.8, 4) is 11.4 Å². The first kappa shape index (κ1) is 24.6. The fraction of sp³-hybridized carbons (Fsp3) is 0.269. The molecule has 0 aliphatic rings. The molecule has 0 fully saturated rings. The highest BCUT2D eigenvalue weighted by molar-refractivity contribution is 7.89. The SMILES string of the molecule is Cc1ccc(-c2nc3cccnc3n2CCNS(=O)(=O)c2ccc(NC(=O)CC(C)C)cc2)cc1. The molecule has 0 unspecified atom stereocenters. The Bertz CT molecular complexity index is 1430. The number of nitrogens with zero attached hydrogens (tertiary/aromatic N) is 3. The van der Waals surface area contributed by atoms with Crippen LogP contribution in [-0.2, 0) is 21.4 Å². The number of aromatic nitrogens is 3. The highest BCUT2D eigenvalue weighted by Gasteiger charge is 2.17. The van der Waals surface area contributed by atoms with Gasteiger partial charge in [0.05, 0.1) is 4.90 Å². The summed E-state index contributed by atoms with van der Waals surface area (Å²) in [6, 6.07) is 17.9. The number of hydrogen-bond acceptors (Lipinski definition) is 5. The molecule has 0 radical (unpaired) electrons. The normalized spacial score (nSPS) is 11.8. The van der Waals surface area contributed by atoms with Gasteiger partial charge >= 0.3 is 0 Å². The van der Waals surface area contributed by atoms with E-state index in [1.54, 1.807) is 18.3 Å². The molecule has 182 valence electrons. The Morgan fingerprint density at radius 1 is 1.03 bits per heavy atom. The number of nitrogens with one attached hydrogen (secondary N) is 2. The molecule has 0 atom stereocenters. The number of pyridine rings is 1. The highest BCUT2D eigenvalue weighted by Crippen LogP contribution is 2.24. The van der Waals surface area contributed by atoms with Crippen LogP contribution in [0.1, 0.15) is 25.8 Å². The standard InChI is InChI=1S/C26H29N5O3S/c1-18(2)17-24(32)29-21-10-12-22(13-11-21)35(33,34)28-15-16-31-25(20-8-6-19(3)7-9-20)30-23-5-4-14-27-26(23)31/h4-14,18,28H,15-17H2,1-3H3,(H,29,32). The summed E-state index contributed by atoms with van der Waals surface area (Å²) in [5.41, 5.74) is 4.09. The summed E-state index contributed by atoms with van der Waals surface area (Å²) in [4.78, 5) is 21.3. The third kappa shape index (κ3) is 5.93. The second kappa shape index (κ2) is 10.4. The third-order valence-corrected chi connectivity index (χ3v) is 6.96. The van der Waals surface area contributed by atoms with Crippen molar-refractivity contribution in [1.29, 1.82) is 0 Å². The fourth-order valence-corrected chi connectivity index (χ4v) is 4.79. The molecule has 0 saturated heterocycles. The van der Waals surface area contributed by atoms with E-state index in [1.807, 2.05) is 61.7 Å². The van der Waals surface area contributed by atoms with E-state index in [9.17, 15) is 13.2 Å². The molecule has 0 spiro atoms. The van der Waals surface area contributed by atoms with Gasteiger partial charge in [0.15, 0.2) is 5.65 Å². The van der Waals surface area contributed by atoms with Gasteiger partial charge in [-0.15, -0.1) is 0 Å². The summed E-state index contributed by atoms with van der Waals surface area (Å²) in [5.74, 6) is 0.881. The number of sulfonamides is 1. The zero-order valence-electron chi connectivity index (χ0n) is 20.0. The zero-order valence-corrected chi connectivity index (χ0v) is 20.8. The predicted octanol–water partition coefficient (Wildman–Crippen LogP) is 4.37. The van der Waals surface area contributed by atoms with Crippen LogP contribution in [0.15, 0.2) is 71.8 Å². The molecular weight excluding hydrogens is 462 g/mol. The average molecular weight is 492 g/mol. The van der Waals surface area contributed by atoms with Crippen molar-refractivity contribution in [2.24, 2.45) is 5.92 Å². The van der Waals surface area contributed by atoms with Crippen LogP contribution in [-0.4, -0.2) is 35.4 Å². The van der Waals surface area contributed by atoms with Gasteiger partial charge in [0.1, 0.15) is 11.3 Å². The minimum Gasteiger partial charge on any atom is -0.326 e. The van der Waals surface area contributed by atoms with Crippen LogP contribution in [0.4, 0.5) is 5.69 Å². The Morgan fingerprint density at radius 2 is 1.74 bits per heavy atom. The molecule has 4 aromatic rings. The van der Waals surface area contributed by atoms with Crippen LogP contribution in [0.5, 0.6) is 0 Å². The minimum atomic E-state index is -3.73. The van der Waals surface area contributed by atoms with E-state index in [-0.39, 0.29) is 23.3 Å². The number of anilines is 1. The number of hydrogen-bond donors (Lipinski definition) is 2. The first-order chi connectivity index (χ1) is 16.7. The summed E-state index contributed by atoms with van der Waals surface area (Å²) in [6.07, 6.45) is 2.11. The van der Waals surface area contributed by atoms with Crippen LogP contribution in [0.25, 0.3) is 22.6 Å². The van der Waals surface area contributed by atoms with Crippen LogP contribution in [0, 0.1) is 12.8 Å². The van der Waals surface area contributed by atoms with Crippen molar-refractivity contribution >= 4 is 32.8 Å². The monoisotopic (exact) mass is 491 g/mol. The van der Waals surface area contributed by atoms with Crippen LogP contribution in [0.3, 0.4) is 0 Å². The van der Waals surface area contributed by atoms with E-state index >= 15 is 0 Å². The Labute approximate surface area is 205 Å². The molecule has 0 saturated carbocycles. The first-order valence-corrected chi connectivity index (χ1v) is 13.0. The molecule has 2 aromatic heterocycles. The number of carbonyl (C=O) groups is 1. The second-order valence-electron chi connectivity index (χ2n) is 8.87. The van der Waals surface area contributed by atoms with Crippen molar-refractivity contribution in [1.82, 2.24) is 19.3 Å². The van der Waals surface area contributed by atoms with Crippen molar-refractivity contribution < 1.29 is 13.2 Å². The first-order valence-electron chi connectivity index (χ1n) is 11.5. The van der Waals surface area contributed by atoms with Crippen LogP contribution < -0.4 is 10.0 Å². The zero-order chi connectivity index (χ0) is 25.0. The minimum absolute atomic E-state index is 0.0979. The summed E-state index contributed by atoms with van der Waals surface area (Å²) >= 11 is 0. The number of imidazole rings is 1. The van der Waals surface area contributed by atoms with Crippen molar-refractivity contribution in [3.05, 3.63) is 72.4 Å². The smallest absolute Gasteiger partial charge is 0.240 e. The molecule has 35 heavy (non-hydrogen) atoms. The van der Waals surface area contributed by atoms with Crippen molar-refractivity contribution in [2.75, 3.05) is 11.9 Å². The predicted molar refractivity (Wildman–Crippen MR) is 137 cm³/mol. The summed E-state index contributed by atoms with van der Waals surface area (Å²) in [6.45, 7) is 6.48. The summed E-state index contributed by atoms with van der Waals surface area (Å²) in [5, 5.41) is 2.78. The lowest BCUT2D eigenvalue weighted by Gasteiger charge is -2.11. The Kier molecular flexibility index (Phi) is 7.28. The fourth-order valence-electron chi connectivity index (χ4n) is 3.77. The number of carbonyl (C=O) groups excluding carboxylic acids is 1. The number of amides is 1. The van der Waals surface area contributed by atoms with E-state index in [0.29, 0.717) is 24.3 Å². The molecule has 8 nitrogen and oxygen atoms in total. The molecular formula is C26H29N5O3S. The summed E-state index contributed by atoms with van der Waals surface area (Å²) in [7, 11) is -3.73. The molecule has 0 bridgehead atoms. The largest absolute Gasteiger partial charge is 0.326 e. The second-order valence-corrected chi connectivity index (χ2v) is 10.6. The maximum Gasteiger partial charge on any atom is 0.240 e. The molecule has 2 N–H and O–H groups in total. The van der Waals surface area contributed by atoms with E-state index in [0.717, 1.165) is 22.5 Å². The Hall–Kier alpha value is -3.56. The topological polar surface area (TPSA) is 106 Å². The van der Waals surface area contributed by atoms with Gasteiger partial charge in [0, 0.05) is 37.0 Å². The van der Waals surface area contributed by atoms with Crippen molar-refractivity contribution in [2.45, 2.75) is 38.6 Å². The van der Waals surface area contributed by atoms with Gasteiger partial charge < -0.3 is 9.88 Å². The third-order valence-electron chi connectivity index (χ3n) is 5.48. The lowest BCUT2D eigenvalue weighted by Crippen LogP contribution is -2.27. The number of benzene rings is 2.